The maximum absolute atomic E-state index is 3.88. The fraction of sp³-hybridized carbons (Fsp3) is 0.750. The van der Waals surface area contributed by atoms with Crippen LogP contribution in [0.15, 0.2) is 36.9 Å². The lowest BCUT2D eigenvalue weighted by Crippen LogP contribution is -2.34. The molecule has 1 aromatic rings. The molecule has 4 unspecified atom stereocenters. The molecule has 4 rings (SSSR count). The minimum Gasteiger partial charge on any atom is -0.103 e. The van der Waals surface area contributed by atoms with E-state index < -0.39 is 0 Å². The van der Waals surface area contributed by atoms with Crippen molar-refractivity contribution in [2.45, 2.75) is 122 Å². The topological polar surface area (TPSA) is 0 Å². The van der Waals surface area contributed by atoms with Crippen molar-refractivity contribution in [1.29, 1.82) is 0 Å². The molecule has 3 fully saturated rings. The van der Waals surface area contributed by atoms with Crippen LogP contribution in [0.2, 0.25) is 0 Å². The van der Waals surface area contributed by atoms with Crippen LogP contribution in [-0.4, -0.2) is 0 Å². The van der Waals surface area contributed by atoms with Gasteiger partial charge in [0.2, 0.25) is 0 Å². The van der Waals surface area contributed by atoms with Crippen molar-refractivity contribution in [3.8, 4) is 0 Å². The third-order valence-electron chi connectivity index (χ3n) is 9.76. The van der Waals surface area contributed by atoms with E-state index in [2.05, 4.69) is 37.8 Å². The van der Waals surface area contributed by atoms with Crippen molar-refractivity contribution in [3.05, 3.63) is 48.0 Å². The van der Waals surface area contributed by atoms with Gasteiger partial charge in [0.25, 0.3) is 0 Å². The van der Waals surface area contributed by atoms with Gasteiger partial charge in [-0.2, -0.15) is 0 Å². The Bertz CT molecular complexity index is 662. The zero-order valence-electron chi connectivity index (χ0n) is 21.1. The molecule has 0 spiro atoms. The lowest BCUT2D eigenvalue weighted by atomic mass is 9.60. The van der Waals surface area contributed by atoms with Crippen LogP contribution in [0.5, 0.6) is 0 Å². The minimum absolute atomic E-state index is 0.818. The van der Waals surface area contributed by atoms with Crippen molar-refractivity contribution >= 4 is 0 Å². The Morgan fingerprint density at radius 2 is 1.34 bits per heavy atom. The molecule has 0 nitrogen and oxygen atoms in total. The quantitative estimate of drug-likeness (QED) is 0.254. The van der Waals surface area contributed by atoms with E-state index in [0.717, 1.165) is 41.9 Å². The highest BCUT2D eigenvalue weighted by atomic mass is 14.4. The van der Waals surface area contributed by atoms with E-state index in [1.807, 2.05) is 6.08 Å². The summed E-state index contributed by atoms with van der Waals surface area (Å²) in [7, 11) is 0. The van der Waals surface area contributed by atoms with Gasteiger partial charge in [-0.25, -0.2) is 0 Å². The Balaban J connectivity index is 1.18. The highest BCUT2D eigenvalue weighted by molar-refractivity contribution is 5.27. The van der Waals surface area contributed by atoms with Crippen LogP contribution >= 0.6 is 0 Å². The molecule has 0 bridgehead atoms. The lowest BCUT2D eigenvalue weighted by molar-refractivity contribution is 0.0710. The molecule has 0 heterocycles. The first-order valence-corrected chi connectivity index (χ1v) is 14.5. The van der Waals surface area contributed by atoms with Gasteiger partial charge in [-0.05, 0) is 104 Å². The number of unbranched alkanes of at least 4 members (excludes halogenated alkanes) is 4. The van der Waals surface area contributed by atoms with Crippen molar-refractivity contribution in [2.24, 2.45) is 29.6 Å². The van der Waals surface area contributed by atoms with Crippen LogP contribution in [0.3, 0.4) is 0 Å². The van der Waals surface area contributed by atoms with Gasteiger partial charge in [0, 0.05) is 0 Å². The van der Waals surface area contributed by atoms with E-state index in [0.29, 0.717) is 0 Å². The number of fused-ring (bicyclic) bond motifs is 1. The average Bonchev–Trinajstić information content (AvgIpc) is 2.84. The number of hydrogen-bond acceptors (Lipinski definition) is 0. The first-order chi connectivity index (χ1) is 15.8. The summed E-state index contributed by atoms with van der Waals surface area (Å²) < 4.78 is 0. The van der Waals surface area contributed by atoms with Crippen LogP contribution in [0, 0.1) is 29.6 Å². The normalized spacial score (nSPS) is 32.9. The van der Waals surface area contributed by atoms with E-state index in [1.165, 1.54) is 69.8 Å². The summed E-state index contributed by atoms with van der Waals surface area (Å²) in [5.41, 5.74) is 3.01. The van der Waals surface area contributed by atoms with Gasteiger partial charge in [0.05, 0.1) is 0 Å². The van der Waals surface area contributed by atoms with Crippen LogP contribution in [0.4, 0.5) is 0 Å². The lowest BCUT2D eigenvalue weighted by Gasteiger charge is -2.45. The summed E-state index contributed by atoms with van der Waals surface area (Å²) in [6, 6.07) is 9.50. The molecule has 3 aliphatic rings. The highest BCUT2D eigenvalue weighted by Gasteiger charge is 2.39. The molecule has 3 saturated carbocycles. The second kappa shape index (κ2) is 12.4. The summed E-state index contributed by atoms with van der Waals surface area (Å²) in [6.07, 6.45) is 27.0. The maximum Gasteiger partial charge on any atom is -0.0100 e. The Morgan fingerprint density at radius 3 is 2.06 bits per heavy atom. The van der Waals surface area contributed by atoms with E-state index >= 15 is 0 Å². The summed E-state index contributed by atoms with van der Waals surface area (Å²) in [5.74, 6) is 6.08. The smallest absolute Gasteiger partial charge is 0.0100 e. The van der Waals surface area contributed by atoms with Gasteiger partial charge in [0.1, 0.15) is 0 Å². The molecule has 0 saturated heterocycles. The van der Waals surface area contributed by atoms with Crippen LogP contribution in [0.1, 0.15) is 127 Å². The van der Waals surface area contributed by atoms with Crippen molar-refractivity contribution in [1.82, 2.24) is 0 Å². The van der Waals surface area contributed by atoms with Gasteiger partial charge in [-0.15, -0.1) is 6.58 Å². The van der Waals surface area contributed by atoms with Crippen LogP contribution < -0.4 is 0 Å². The summed E-state index contributed by atoms with van der Waals surface area (Å²) >= 11 is 0. The van der Waals surface area contributed by atoms with Gasteiger partial charge >= 0.3 is 0 Å². The first kappa shape index (κ1) is 24.1. The van der Waals surface area contributed by atoms with E-state index in [4.69, 9.17) is 0 Å². The second-order valence-electron chi connectivity index (χ2n) is 11.8. The minimum atomic E-state index is 0.818. The van der Waals surface area contributed by atoms with Crippen molar-refractivity contribution in [2.75, 3.05) is 0 Å². The molecule has 0 aromatic heterocycles. The number of allylic oxidation sites excluding steroid dienone is 1. The largest absolute Gasteiger partial charge is 0.103 e. The average molecular weight is 435 g/mol. The molecule has 0 amide bonds. The van der Waals surface area contributed by atoms with Gasteiger partial charge < -0.3 is 0 Å². The van der Waals surface area contributed by atoms with E-state index in [9.17, 15) is 0 Å². The van der Waals surface area contributed by atoms with Crippen LogP contribution in [-0.2, 0) is 6.42 Å². The predicted molar refractivity (Wildman–Crippen MR) is 140 cm³/mol. The molecule has 0 aliphatic heterocycles. The van der Waals surface area contributed by atoms with Gasteiger partial charge in [0.15, 0.2) is 0 Å². The Hall–Kier alpha value is -1.04. The van der Waals surface area contributed by atoms with E-state index in [1.54, 1.807) is 44.1 Å². The fourth-order valence-corrected chi connectivity index (χ4v) is 7.73. The Kier molecular flexibility index (Phi) is 9.36. The molecule has 0 N–H and O–H groups in total. The molecule has 0 radical (unpaired) electrons. The standard InChI is InChI=1S/C32H50/c1-3-5-6-7-8-10-26-13-17-28(18-14-26)30-20-22-31-23-29(19-21-32(31)24-30)27-15-11-25(9-4-2)12-16-27/h4,11-12,15-16,26,28-32H,2-3,5-10,13-14,17-24H2,1H3. The molecule has 32 heavy (non-hydrogen) atoms. The monoisotopic (exact) mass is 434 g/mol. The van der Waals surface area contributed by atoms with Crippen LogP contribution in [0.25, 0.3) is 0 Å². The molecule has 0 heteroatoms. The number of benzene rings is 1. The number of hydrogen-bond donors (Lipinski definition) is 0. The highest BCUT2D eigenvalue weighted by Crippen LogP contribution is 2.51. The Morgan fingerprint density at radius 1 is 0.719 bits per heavy atom. The van der Waals surface area contributed by atoms with Gasteiger partial charge in [-0.1, -0.05) is 88.6 Å². The zero-order chi connectivity index (χ0) is 22.2. The second-order valence-corrected chi connectivity index (χ2v) is 11.8. The third kappa shape index (κ3) is 6.51. The molecule has 1 aromatic carbocycles. The maximum atomic E-state index is 3.88. The Labute approximate surface area is 199 Å². The molecule has 3 aliphatic carbocycles. The predicted octanol–water partition coefficient (Wildman–Crippen LogP) is 9.88. The zero-order valence-corrected chi connectivity index (χ0v) is 21.1. The van der Waals surface area contributed by atoms with Crippen molar-refractivity contribution in [3.63, 3.8) is 0 Å². The molecule has 178 valence electrons. The third-order valence-corrected chi connectivity index (χ3v) is 9.76. The summed E-state index contributed by atoms with van der Waals surface area (Å²) in [5, 5.41) is 0. The van der Waals surface area contributed by atoms with Gasteiger partial charge in [-0.3, -0.25) is 0 Å². The molecular weight excluding hydrogens is 384 g/mol. The van der Waals surface area contributed by atoms with Crippen molar-refractivity contribution < 1.29 is 0 Å². The van der Waals surface area contributed by atoms with E-state index in [-0.39, 0.29) is 0 Å². The fourth-order valence-electron chi connectivity index (χ4n) is 7.73. The summed E-state index contributed by atoms with van der Waals surface area (Å²) in [4.78, 5) is 0. The molecular formula is C32H50. The molecule has 4 atom stereocenters. The number of rotatable bonds is 10. The SMILES string of the molecule is C=CCc1ccc(C2CCC3CC(C4CCC(CCCCCCC)CC4)CCC3C2)cc1. The first-order valence-electron chi connectivity index (χ1n) is 14.5. The summed E-state index contributed by atoms with van der Waals surface area (Å²) in [6.45, 7) is 6.20.